The molecular formula is C16H20. The zero-order valence-electron chi connectivity index (χ0n) is 10.9. The molecule has 0 radical (unpaired) electrons. The maximum Gasteiger partial charge on any atom is 0.0118 e. The van der Waals surface area contributed by atoms with E-state index in [2.05, 4.69) is 65.0 Å². The van der Waals surface area contributed by atoms with E-state index in [1.165, 1.54) is 27.8 Å². The van der Waals surface area contributed by atoms with Gasteiger partial charge in [0, 0.05) is 5.41 Å². The molecule has 0 saturated heterocycles. The average Bonchev–Trinajstić information content (AvgIpc) is 2.41. The second-order valence-electron chi connectivity index (χ2n) is 5.21. The van der Waals surface area contributed by atoms with Crippen molar-refractivity contribution in [2.24, 2.45) is 0 Å². The summed E-state index contributed by atoms with van der Waals surface area (Å²) in [6.07, 6.45) is 4.36. The van der Waals surface area contributed by atoms with Crippen molar-refractivity contribution in [3.63, 3.8) is 0 Å². The van der Waals surface area contributed by atoms with Crippen LogP contribution in [0.15, 0.2) is 35.9 Å². The second kappa shape index (κ2) is 3.62. The summed E-state index contributed by atoms with van der Waals surface area (Å²) in [5.41, 5.74) is 7.29. The highest BCUT2D eigenvalue weighted by Crippen LogP contribution is 2.46. The molecule has 0 spiro atoms. The average molecular weight is 212 g/mol. The Balaban J connectivity index is 2.71. The summed E-state index contributed by atoms with van der Waals surface area (Å²) >= 11 is 0. The zero-order valence-corrected chi connectivity index (χ0v) is 10.9. The van der Waals surface area contributed by atoms with E-state index in [1.807, 2.05) is 0 Å². The first kappa shape index (κ1) is 11.2. The summed E-state index contributed by atoms with van der Waals surface area (Å²) in [6.45, 7) is 11.1. The van der Waals surface area contributed by atoms with Gasteiger partial charge in [0.05, 0.1) is 0 Å². The van der Waals surface area contributed by atoms with Gasteiger partial charge in [-0.3, -0.25) is 0 Å². The van der Waals surface area contributed by atoms with Gasteiger partial charge in [-0.15, -0.1) is 0 Å². The molecule has 0 unspecified atom stereocenters. The quantitative estimate of drug-likeness (QED) is 0.636. The van der Waals surface area contributed by atoms with E-state index in [-0.39, 0.29) is 5.41 Å². The molecule has 0 bridgehead atoms. The van der Waals surface area contributed by atoms with E-state index in [9.17, 15) is 0 Å². The van der Waals surface area contributed by atoms with Crippen LogP contribution in [-0.2, 0) is 5.41 Å². The maximum atomic E-state index is 2.33. The molecule has 0 heteroatoms. The first-order valence-corrected chi connectivity index (χ1v) is 5.94. The Morgan fingerprint density at radius 3 is 2.44 bits per heavy atom. The summed E-state index contributed by atoms with van der Waals surface area (Å²) in [5, 5.41) is 0. The first-order valence-electron chi connectivity index (χ1n) is 5.94. The number of fused-ring (bicyclic) bond motifs is 1. The smallest absolute Gasteiger partial charge is 0.0118 e. The van der Waals surface area contributed by atoms with Crippen LogP contribution >= 0.6 is 0 Å². The molecule has 0 N–H and O–H groups in total. The van der Waals surface area contributed by atoms with Crippen LogP contribution in [0.2, 0.25) is 0 Å². The first-order chi connectivity index (χ1) is 7.48. The van der Waals surface area contributed by atoms with Gasteiger partial charge in [-0.25, -0.2) is 0 Å². The molecule has 0 atom stereocenters. The summed E-state index contributed by atoms with van der Waals surface area (Å²) in [6, 6.07) is 6.80. The minimum Gasteiger partial charge on any atom is -0.0870 e. The molecule has 1 aromatic carbocycles. The Morgan fingerprint density at radius 1 is 1.12 bits per heavy atom. The fraction of sp³-hybridized carbons (Fsp3) is 0.375. The molecule has 1 aromatic rings. The number of hydrogen-bond acceptors (Lipinski definition) is 0. The van der Waals surface area contributed by atoms with Crippen LogP contribution in [0.1, 0.15) is 44.4 Å². The highest BCUT2D eigenvalue weighted by atomic mass is 14.4. The van der Waals surface area contributed by atoms with E-state index in [1.54, 1.807) is 0 Å². The monoisotopic (exact) mass is 212 g/mol. The van der Waals surface area contributed by atoms with E-state index in [4.69, 9.17) is 0 Å². The number of allylic oxidation sites excluding steroid dienone is 4. The predicted octanol–water partition coefficient (Wildman–Crippen LogP) is 4.64. The van der Waals surface area contributed by atoms with Crippen molar-refractivity contribution in [3.8, 4) is 0 Å². The third-order valence-corrected chi connectivity index (χ3v) is 3.81. The van der Waals surface area contributed by atoms with Gasteiger partial charge in [0.2, 0.25) is 0 Å². The van der Waals surface area contributed by atoms with Crippen molar-refractivity contribution in [2.75, 3.05) is 0 Å². The molecule has 1 aliphatic rings. The highest BCUT2D eigenvalue weighted by molar-refractivity contribution is 5.85. The second-order valence-corrected chi connectivity index (χ2v) is 5.21. The predicted molar refractivity (Wildman–Crippen MR) is 71.6 cm³/mol. The van der Waals surface area contributed by atoms with Gasteiger partial charge < -0.3 is 0 Å². The van der Waals surface area contributed by atoms with Gasteiger partial charge in [-0.05, 0) is 37.5 Å². The number of rotatable bonds is 1. The van der Waals surface area contributed by atoms with Gasteiger partial charge in [0.1, 0.15) is 0 Å². The fourth-order valence-electron chi connectivity index (χ4n) is 2.53. The van der Waals surface area contributed by atoms with Crippen molar-refractivity contribution in [1.29, 1.82) is 0 Å². The van der Waals surface area contributed by atoms with Crippen molar-refractivity contribution in [3.05, 3.63) is 52.6 Å². The van der Waals surface area contributed by atoms with Gasteiger partial charge in [0.25, 0.3) is 0 Å². The largest absolute Gasteiger partial charge is 0.0870 e. The zero-order chi connectivity index (χ0) is 11.9. The fourth-order valence-corrected chi connectivity index (χ4v) is 2.53. The molecule has 2 rings (SSSR count). The lowest BCUT2D eigenvalue weighted by molar-refractivity contribution is 0.638. The Kier molecular flexibility index (Phi) is 2.53. The summed E-state index contributed by atoms with van der Waals surface area (Å²) in [7, 11) is 0. The molecule has 0 heterocycles. The molecule has 0 amide bonds. The van der Waals surface area contributed by atoms with E-state index >= 15 is 0 Å². The lowest BCUT2D eigenvalue weighted by Crippen LogP contribution is -2.15. The Hall–Kier alpha value is -1.30. The van der Waals surface area contributed by atoms with E-state index in [0.717, 1.165) is 0 Å². The van der Waals surface area contributed by atoms with Crippen LogP contribution in [0.25, 0.3) is 5.57 Å². The van der Waals surface area contributed by atoms with Crippen molar-refractivity contribution < 1.29 is 0 Å². The molecular weight excluding hydrogens is 192 g/mol. The molecule has 0 aromatic heterocycles. The van der Waals surface area contributed by atoms with E-state index in [0.29, 0.717) is 0 Å². The summed E-state index contributed by atoms with van der Waals surface area (Å²) in [5.74, 6) is 0. The molecule has 0 saturated carbocycles. The van der Waals surface area contributed by atoms with Crippen molar-refractivity contribution in [1.82, 2.24) is 0 Å². The van der Waals surface area contributed by atoms with Crippen molar-refractivity contribution >= 4 is 5.57 Å². The van der Waals surface area contributed by atoms with Gasteiger partial charge in [-0.1, -0.05) is 55.3 Å². The van der Waals surface area contributed by atoms with Gasteiger partial charge in [-0.2, -0.15) is 0 Å². The SMILES string of the molecule is C/C=C\C1=C(C)C(C)(C)c2cc(C)ccc21. The van der Waals surface area contributed by atoms with Crippen LogP contribution in [-0.4, -0.2) is 0 Å². The van der Waals surface area contributed by atoms with Crippen LogP contribution in [0.3, 0.4) is 0 Å². The molecule has 1 aliphatic carbocycles. The minimum atomic E-state index is 0.177. The van der Waals surface area contributed by atoms with Crippen LogP contribution in [0.4, 0.5) is 0 Å². The standard InChI is InChI=1S/C16H20/c1-6-7-13-12(3)16(4,5)15-10-11(2)8-9-14(13)15/h6-10H,1-5H3/b7-6-. The van der Waals surface area contributed by atoms with Crippen LogP contribution in [0, 0.1) is 6.92 Å². The van der Waals surface area contributed by atoms with E-state index < -0.39 is 0 Å². The number of hydrogen-bond donors (Lipinski definition) is 0. The van der Waals surface area contributed by atoms with Crippen LogP contribution in [0.5, 0.6) is 0 Å². The normalized spacial score (nSPS) is 18.3. The maximum absolute atomic E-state index is 2.33. The number of aryl methyl sites for hydroxylation is 1. The number of benzene rings is 1. The summed E-state index contributed by atoms with van der Waals surface area (Å²) in [4.78, 5) is 0. The Morgan fingerprint density at radius 2 is 1.81 bits per heavy atom. The lowest BCUT2D eigenvalue weighted by atomic mass is 9.81. The third kappa shape index (κ3) is 1.44. The molecule has 16 heavy (non-hydrogen) atoms. The lowest BCUT2D eigenvalue weighted by Gasteiger charge is -2.22. The Labute approximate surface area is 98.7 Å². The molecule has 84 valence electrons. The minimum absolute atomic E-state index is 0.177. The molecule has 0 nitrogen and oxygen atoms in total. The molecule has 0 aliphatic heterocycles. The van der Waals surface area contributed by atoms with Gasteiger partial charge >= 0.3 is 0 Å². The highest BCUT2D eigenvalue weighted by Gasteiger charge is 2.33. The topological polar surface area (TPSA) is 0 Å². The molecule has 0 fully saturated rings. The summed E-state index contributed by atoms with van der Waals surface area (Å²) < 4.78 is 0. The van der Waals surface area contributed by atoms with Crippen LogP contribution < -0.4 is 0 Å². The van der Waals surface area contributed by atoms with Gasteiger partial charge in [0.15, 0.2) is 0 Å². The Bertz CT molecular complexity index is 485. The third-order valence-electron chi connectivity index (χ3n) is 3.81. The van der Waals surface area contributed by atoms with Crippen molar-refractivity contribution in [2.45, 2.75) is 40.0 Å².